The summed E-state index contributed by atoms with van der Waals surface area (Å²) < 4.78 is 10.7. The van der Waals surface area contributed by atoms with Crippen LogP contribution in [0.1, 0.15) is 51.1 Å². The zero-order chi connectivity index (χ0) is 20.0. The molecule has 27 heavy (non-hydrogen) atoms. The van der Waals surface area contributed by atoms with Gasteiger partial charge >= 0.3 is 5.97 Å². The van der Waals surface area contributed by atoms with E-state index in [9.17, 15) is 14.4 Å². The van der Waals surface area contributed by atoms with Gasteiger partial charge in [-0.15, -0.1) is 0 Å². The summed E-state index contributed by atoms with van der Waals surface area (Å²) in [4.78, 5) is 38.5. The van der Waals surface area contributed by atoms with Crippen LogP contribution in [0.5, 0.6) is 5.75 Å². The van der Waals surface area contributed by atoms with Crippen molar-refractivity contribution in [2.24, 2.45) is 11.7 Å². The van der Waals surface area contributed by atoms with Crippen LogP contribution in [0.2, 0.25) is 0 Å². The van der Waals surface area contributed by atoms with Gasteiger partial charge in [-0.2, -0.15) is 0 Å². The first-order valence-corrected chi connectivity index (χ1v) is 9.32. The molecule has 2 amide bonds. The molecule has 0 spiro atoms. The molecule has 0 bridgehead atoms. The van der Waals surface area contributed by atoms with Gasteiger partial charge < -0.3 is 20.1 Å². The van der Waals surface area contributed by atoms with Gasteiger partial charge in [0, 0.05) is 18.5 Å². The van der Waals surface area contributed by atoms with Crippen molar-refractivity contribution in [2.45, 2.75) is 51.7 Å². The Morgan fingerprint density at radius 1 is 1.33 bits per heavy atom. The number of piperidine rings is 1. The standard InChI is InChI=1S/C20H28N2O5/c1-4-5-12-22-17(23)11-10-15(20(25)27-13(2)19(21)24)18(22)14-8-6-7-9-16(14)26-3/h6-9,13,15,18H,4-5,10-12H2,1-3H3,(H2,21,24)/t13-,15-,18-/m0/s1. The SMILES string of the molecule is CCCCN1C(=O)CC[C@H](C(=O)O[C@@H](C)C(N)=O)[C@@H]1c1ccccc1OC. The Morgan fingerprint density at radius 2 is 2.04 bits per heavy atom. The quantitative estimate of drug-likeness (QED) is 0.701. The molecule has 3 atom stereocenters. The second kappa shape index (κ2) is 9.39. The number of hydrogen-bond acceptors (Lipinski definition) is 5. The lowest BCUT2D eigenvalue weighted by molar-refractivity contribution is -0.164. The molecule has 1 fully saturated rings. The normalized spacial score (nSPS) is 20.9. The highest BCUT2D eigenvalue weighted by Gasteiger charge is 2.43. The van der Waals surface area contributed by atoms with Crippen molar-refractivity contribution >= 4 is 17.8 Å². The average molecular weight is 376 g/mol. The molecule has 0 aliphatic carbocycles. The summed E-state index contributed by atoms with van der Waals surface area (Å²) in [5, 5.41) is 0. The largest absolute Gasteiger partial charge is 0.496 e. The maximum Gasteiger partial charge on any atom is 0.312 e. The number of methoxy groups -OCH3 is 1. The van der Waals surface area contributed by atoms with Gasteiger partial charge in [0.25, 0.3) is 5.91 Å². The predicted octanol–water partition coefficient (Wildman–Crippen LogP) is 2.19. The molecule has 0 aromatic heterocycles. The molecule has 1 aromatic carbocycles. The lowest BCUT2D eigenvalue weighted by Gasteiger charge is -2.41. The molecule has 2 N–H and O–H groups in total. The van der Waals surface area contributed by atoms with Crippen LogP contribution in [0.25, 0.3) is 0 Å². The second-order valence-corrected chi connectivity index (χ2v) is 6.75. The molecule has 1 heterocycles. The Bertz CT molecular complexity index is 691. The lowest BCUT2D eigenvalue weighted by Crippen LogP contribution is -2.47. The van der Waals surface area contributed by atoms with Crippen LogP contribution >= 0.6 is 0 Å². The number of carbonyl (C=O) groups is 3. The van der Waals surface area contributed by atoms with E-state index in [0.29, 0.717) is 18.7 Å². The second-order valence-electron chi connectivity index (χ2n) is 6.75. The molecule has 0 radical (unpaired) electrons. The Morgan fingerprint density at radius 3 is 2.67 bits per heavy atom. The van der Waals surface area contributed by atoms with Crippen molar-refractivity contribution in [1.29, 1.82) is 0 Å². The van der Waals surface area contributed by atoms with Crippen LogP contribution in [-0.2, 0) is 19.1 Å². The molecular weight excluding hydrogens is 348 g/mol. The molecule has 148 valence electrons. The van der Waals surface area contributed by atoms with Crippen molar-refractivity contribution in [2.75, 3.05) is 13.7 Å². The molecule has 7 heteroatoms. The van der Waals surface area contributed by atoms with Crippen LogP contribution in [-0.4, -0.2) is 42.4 Å². The predicted molar refractivity (Wildman–Crippen MR) is 99.8 cm³/mol. The van der Waals surface area contributed by atoms with Gasteiger partial charge in [0.15, 0.2) is 6.10 Å². The van der Waals surface area contributed by atoms with Gasteiger partial charge in [-0.3, -0.25) is 14.4 Å². The van der Waals surface area contributed by atoms with Crippen LogP contribution in [0.15, 0.2) is 24.3 Å². The van der Waals surface area contributed by atoms with Gasteiger partial charge in [0.05, 0.1) is 19.1 Å². The van der Waals surface area contributed by atoms with Crippen LogP contribution < -0.4 is 10.5 Å². The molecule has 7 nitrogen and oxygen atoms in total. The minimum atomic E-state index is -1.02. The fourth-order valence-corrected chi connectivity index (χ4v) is 3.41. The summed E-state index contributed by atoms with van der Waals surface area (Å²) in [6.45, 7) is 4.04. The summed E-state index contributed by atoms with van der Waals surface area (Å²) in [5.41, 5.74) is 5.98. The number of rotatable bonds is 8. The number of para-hydroxylation sites is 1. The van der Waals surface area contributed by atoms with E-state index >= 15 is 0 Å². The number of esters is 1. The zero-order valence-corrected chi connectivity index (χ0v) is 16.1. The first-order chi connectivity index (χ1) is 12.9. The van der Waals surface area contributed by atoms with E-state index in [4.69, 9.17) is 15.2 Å². The Hall–Kier alpha value is -2.57. The van der Waals surface area contributed by atoms with Gasteiger partial charge in [-0.1, -0.05) is 31.5 Å². The highest BCUT2D eigenvalue weighted by Crippen LogP contribution is 2.41. The number of carbonyl (C=O) groups excluding carboxylic acids is 3. The van der Waals surface area contributed by atoms with Gasteiger partial charge in [0.1, 0.15) is 5.75 Å². The molecule has 1 saturated heterocycles. The topological polar surface area (TPSA) is 98.9 Å². The van der Waals surface area contributed by atoms with E-state index in [1.807, 2.05) is 25.1 Å². The number of nitrogens with two attached hydrogens (primary N) is 1. The van der Waals surface area contributed by atoms with E-state index in [1.165, 1.54) is 6.92 Å². The Labute approximate surface area is 159 Å². The summed E-state index contributed by atoms with van der Waals surface area (Å²) in [6.07, 6.45) is 1.36. The maximum atomic E-state index is 12.8. The van der Waals surface area contributed by atoms with E-state index in [0.717, 1.165) is 18.4 Å². The number of unbranched alkanes of at least 4 members (excludes halogenated alkanes) is 1. The van der Waals surface area contributed by atoms with Crippen molar-refractivity contribution in [3.63, 3.8) is 0 Å². The highest BCUT2D eigenvalue weighted by molar-refractivity contribution is 5.85. The molecule has 0 saturated carbocycles. The third kappa shape index (κ3) is 4.78. The minimum Gasteiger partial charge on any atom is -0.496 e. The Kier molecular flexibility index (Phi) is 7.21. The smallest absolute Gasteiger partial charge is 0.312 e. The first-order valence-electron chi connectivity index (χ1n) is 9.32. The average Bonchev–Trinajstić information content (AvgIpc) is 2.66. The van der Waals surface area contributed by atoms with Gasteiger partial charge in [0.2, 0.25) is 5.91 Å². The molecule has 2 rings (SSSR count). The van der Waals surface area contributed by atoms with Crippen molar-refractivity contribution < 1.29 is 23.9 Å². The summed E-state index contributed by atoms with van der Waals surface area (Å²) in [5.74, 6) is -1.19. The van der Waals surface area contributed by atoms with Crippen LogP contribution in [0.3, 0.4) is 0 Å². The number of amides is 2. The summed E-state index contributed by atoms with van der Waals surface area (Å²) in [7, 11) is 1.56. The maximum absolute atomic E-state index is 12.8. The first kappa shape index (κ1) is 20.7. The number of likely N-dealkylation sites (tertiary alicyclic amines) is 1. The number of nitrogens with zero attached hydrogens (tertiary/aromatic N) is 1. The summed E-state index contributed by atoms with van der Waals surface area (Å²) >= 11 is 0. The molecule has 1 aliphatic rings. The molecule has 1 aliphatic heterocycles. The zero-order valence-electron chi connectivity index (χ0n) is 16.1. The van der Waals surface area contributed by atoms with Crippen molar-refractivity contribution in [3.05, 3.63) is 29.8 Å². The Balaban J connectivity index is 2.42. The molecule has 1 aromatic rings. The van der Waals surface area contributed by atoms with Gasteiger partial charge in [-0.25, -0.2) is 0 Å². The van der Waals surface area contributed by atoms with Crippen LogP contribution in [0, 0.1) is 5.92 Å². The number of benzene rings is 1. The highest BCUT2D eigenvalue weighted by atomic mass is 16.5. The molecule has 0 unspecified atom stereocenters. The van der Waals surface area contributed by atoms with E-state index in [2.05, 4.69) is 0 Å². The van der Waals surface area contributed by atoms with E-state index in [-0.39, 0.29) is 12.3 Å². The fourth-order valence-electron chi connectivity index (χ4n) is 3.41. The number of primary amides is 1. The van der Waals surface area contributed by atoms with Crippen molar-refractivity contribution in [1.82, 2.24) is 4.90 Å². The van der Waals surface area contributed by atoms with Crippen molar-refractivity contribution in [3.8, 4) is 5.75 Å². The fraction of sp³-hybridized carbons (Fsp3) is 0.550. The van der Waals surface area contributed by atoms with E-state index < -0.39 is 29.9 Å². The minimum absolute atomic E-state index is 0.00589. The molecular formula is C20H28N2O5. The van der Waals surface area contributed by atoms with Crippen LogP contribution in [0.4, 0.5) is 0 Å². The monoisotopic (exact) mass is 376 g/mol. The summed E-state index contributed by atoms with van der Waals surface area (Å²) in [6, 6.07) is 6.86. The van der Waals surface area contributed by atoms with E-state index in [1.54, 1.807) is 18.1 Å². The third-order valence-corrected chi connectivity index (χ3v) is 4.91. The number of hydrogen-bond donors (Lipinski definition) is 1. The lowest BCUT2D eigenvalue weighted by atomic mass is 9.83. The third-order valence-electron chi connectivity index (χ3n) is 4.91. The van der Waals surface area contributed by atoms with Gasteiger partial charge in [-0.05, 0) is 25.8 Å². The number of ether oxygens (including phenoxy) is 2.